The van der Waals surface area contributed by atoms with Gasteiger partial charge in [-0.2, -0.15) is 5.10 Å². The summed E-state index contributed by atoms with van der Waals surface area (Å²) in [5.41, 5.74) is 3.86. The van der Waals surface area contributed by atoms with Crippen LogP contribution in [-0.2, 0) is 13.6 Å². The van der Waals surface area contributed by atoms with Gasteiger partial charge < -0.3 is 10.3 Å². The Bertz CT molecular complexity index is 1250. The number of aromatic nitrogens is 5. The van der Waals surface area contributed by atoms with Crippen molar-refractivity contribution in [3.63, 3.8) is 0 Å². The van der Waals surface area contributed by atoms with E-state index in [1.54, 1.807) is 17.1 Å². The molecule has 8 heteroatoms. The molecular weight excluding hydrogens is 395 g/mol. The van der Waals surface area contributed by atoms with Gasteiger partial charge in [0.2, 0.25) is 0 Å². The number of hydrogen-bond donors (Lipinski definition) is 2. The van der Waals surface area contributed by atoms with Crippen molar-refractivity contribution in [3.05, 3.63) is 65.8 Å². The van der Waals surface area contributed by atoms with Crippen molar-refractivity contribution < 1.29 is 9.18 Å². The lowest BCUT2D eigenvalue weighted by molar-refractivity contribution is 0.0947. The lowest BCUT2D eigenvalue weighted by atomic mass is 10.1. The highest BCUT2D eigenvalue weighted by Crippen LogP contribution is 2.33. The molecule has 1 amide bonds. The van der Waals surface area contributed by atoms with Gasteiger partial charge in [-0.1, -0.05) is 12.8 Å². The average Bonchev–Trinajstić information content (AvgIpc) is 3.51. The third-order valence-corrected chi connectivity index (χ3v) is 5.83. The molecule has 1 aliphatic carbocycles. The molecule has 5 rings (SSSR count). The van der Waals surface area contributed by atoms with E-state index < -0.39 is 0 Å². The van der Waals surface area contributed by atoms with Crippen molar-refractivity contribution in [2.45, 2.75) is 38.1 Å². The minimum atomic E-state index is -0.362. The zero-order valence-corrected chi connectivity index (χ0v) is 17.2. The zero-order valence-electron chi connectivity index (χ0n) is 17.2. The number of hydrogen-bond acceptors (Lipinski definition) is 4. The quantitative estimate of drug-likeness (QED) is 0.511. The number of halogens is 1. The Morgan fingerprint density at radius 2 is 2.10 bits per heavy atom. The van der Waals surface area contributed by atoms with Crippen LogP contribution in [0.4, 0.5) is 4.39 Å². The first kappa shape index (κ1) is 19.4. The molecule has 4 aromatic rings. The number of aromatic amines is 1. The second kappa shape index (κ2) is 7.94. The number of H-pyrrole nitrogens is 1. The topological polar surface area (TPSA) is 88.5 Å². The maximum atomic E-state index is 14.2. The van der Waals surface area contributed by atoms with E-state index in [9.17, 15) is 9.18 Å². The summed E-state index contributed by atoms with van der Waals surface area (Å²) in [6.07, 6.45) is 9.77. The smallest absolute Gasteiger partial charge is 0.272 e. The predicted molar refractivity (Wildman–Crippen MR) is 115 cm³/mol. The van der Waals surface area contributed by atoms with E-state index >= 15 is 0 Å². The van der Waals surface area contributed by atoms with Crippen LogP contribution in [0.2, 0.25) is 0 Å². The van der Waals surface area contributed by atoms with Crippen LogP contribution in [0.15, 0.2) is 42.9 Å². The van der Waals surface area contributed by atoms with Crippen LogP contribution in [0.3, 0.4) is 0 Å². The molecule has 7 nitrogen and oxygen atoms in total. The monoisotopic (exact) mass is 418 g/mol. The van der Waals surface area contributed by atoms with E-state index in [1.807, 2.05) is 25.4 Å². The summed E-state index contributed by atoms with van der Waals surface area (Å²) in [5, 5.41) is 6.99. The third-order valence-electron chi connectivity index (χ3n) is 5.83. The van der Waals surface area contributed by atoms with Crippen LogP contribution in [0.5, 0.6) is 0 Å². The molecule has 31 heavy (non-hydrogen) atoms. The number of imidazole rings is 1. The Balaban J connectivity index is 1.36. The molecule has 0 aliphatic heterocycles. The molecule has 0 spiro atoms. The van der Waals surface area contributed by atoms with E-state index in [-0.39, 0.29) is 24.0 Å². The van der Waals surface area contributed by atoms with Crippen LogP contribution < -0.4 is 5.32 Å². The van der Waals surface area contributed by atoms with Crippen LogP contribution in [0.1, 0.15) is 53.5 Å². The summed E-state index contributed by atoms with van der Waals surface area (Å²) < 4.78 is 15.8. The Morgan fingerprint density at radius 3 is 2.87 bits per heavy atom. The molecule has 3 heterocycles. The molecule has 0 saturated heterocycles. The lowest BCUT2D eigenvalue weighted by Crippen LogP contribution is -2.24. The standard InChI is InChI=1S/C23H23FN6O/c1-30-13-17(12-27-30)16-8-14(9-18(24)10-16)11-26-23(31)21-20-19(6-7-25-21)28-22(29-20)15-4-2-3-5-15/h6-10,12-13,15H,2-5,11H2,1H3,(H,26,31)(H,28,29). The normalized spacial score (nSPS) is 14.4. The van der Waals surface area contributed by atoms with Crippen LogP contribution in [0, 0.1) is 5.82 Å². The van der Waals surface area contributed by atoms with Crippen molar-refractivity contribution in [3.8, 4) is 11.1 Å². The van der Waals surface area contributed by atoms with Crippen LogP contribution in [0.25, 0.3) is 22.2 Å². The van der Waals surface area contributed by atoms with Crippen molar-refractivity contribution in [2.75, 3.05) is 0 Å². The highest BCUT2D eigenvalue weighted by molar-refractivity contribution is 6.02. The Kier molecular flexibility index (Phi) is 4.97. The minimum absolute atomic E-state index is 0.182. The maximum absolute atomic E-state index is 14.2. The van der Waals surface area contributed by atoms with Gasteiger partial charge in [-0.15, -0.1) is 0 Å². The molecule has 158 valence electrons. The van der Waals surface area contributed by atoms with Crippen LogP contribution in [-0.4, -0.2) is 30.6 Å². The Labute approximate surface area is 178 Å². The highest BCUT2D eigenvalue weighted by Gasteiger charge is 2.22. The number of carbonyl (C=O) groups excluding carboxylic acids is 1. The fourth-order valence-corrected chi connectivity index (χ4v) is 4.27. The fourth-order valence-electron chi connectivity index (χ4n) is 4.27. The first-order valence-electron chi connectivity index (χ1n) is 10.5. The summed E-state index contributed by atoms with van der Waals surface area (Å²) in [6.45, 7) is 0.182. The van der Waals surface area contributed by atoms with Gasteiger partial charge in [-0.25, -0.2) is 14.4 Å². The number of rotatable bonds is 5. The number of nitrogens with one attached hydrogen (secondary N) is 2. The molecule has 2 N–H and O–H groups in total. The largest absolute Gasteiger partial charge is 0.347 e. The highest BCUT2D eigenvalue weighted by atomic mass is 19.1. The van der Waals surface area contributed by atoms with Gasteiger partial charge in [0.1, 0.15) is 17.2 Å². The number of amides is 1. The molecule has 0 atom stereocenters. The molecule has 1 aromatic carbocycles. The average molecular weight is 418 g/mol. The number of aryl methyl sites for hydroxylation is 1. The first-order chi connectivity index (χ1) is 15.1. The second-order valence-corrected chi connectivity index (χ2v) is 8.09. The van der Waals surface area contributed by atoms with E-state index in [0.29, 0.717) is 22.6 Å². The lowest BCUT2D eigenvalue weighted by Gasteiger charge is -2.07. The van der Waals surface area contributed by atoms with Gasteiger partial charge in [0.15, 0.2) is 5.69 Å². The molecule has 1 saturated carbocycles. The third kappa shape index (κ3) is 3.93. The maximum Gasteiger partial charge on any atom is 0.272 e. The molecule has 0 radical (unpaired) electrons. The summed E-state index contributed by atoms with van der Waals surface area (Å²) >= 11 is 0. The summed E-state index contributed by atoms with van der Waals surface area (Å²) in [5.74, 6) is 0.656. The zero-order chi connectivity index (χ0) is 21.4. The van der Waals surface area contributed by atoms with Crippen molar-refractivity contribution in [1.82, 2.24) is 30.0 Å². The summed E-state index contributed by atoms with van der Waals surface area (Å²) in [4.78, 5) is 25.2. The fraction of sp³-hybridized carbons (Fsp3) is 0.304. The first-order valence-corrected chi connectivity index (χ1v) is 10.5. The summed E-state index contributed by atoms with van der Waals surface area (Å²) in [6, 6.07) is 6.56. The molecule has 3 aromatic heterocycles. The van der Waals surface area contributed by atoms with Crippen molar-refractivity contribution in [1.29, 1.82) is 0 Å². The van der Waals surface area contributed by atoms with Gasteiger partial charge >= 0.3 is 0 Å². The van der Waals surface area contributed by atoms with Crippen LogP contribution >= 0.6 is 0 Å². The number of fused-ring (bicyclic) bond motifs is 1. The Morgan fingerprint density at radius 1 is 1.26 bits per heavy atom. The molecular formula is C23H23FN6O. The number of pyridine rings is 1. The van der Waals surface area contributed by atoms with E-state index in [1.165, 1.54) is 25.0 Å². The summed E-state index contributed by atoms with van der Waals surface area (Å²) in [7, 11) is 1.81. The molecule has 0 bridgehead atoms. The van der Waals surface area contributed by atoms with Gasteiger partial charge in [0, 0.05) is 37.5 Å². The minimum Gasteiger partial charge on any atom is -0.347 e. The van der Waals surface area contributed by atoms with Gasteiger partial charge in [-0.3, -0.25) is 9.48 Å². The Hall–Kier alpha value is -3.55. The van der Waals surface area contributed by atoms with Gasteiger partial charge in [-0.05, 0) is 48.2 Å². The second-order valence-electron chi connectivity index (χ2n) is 8.09. The molecule has 1 aliphatic rings. The number of carbonyl (C=O) groups is 1. The molecule has 0 unspecified atom stereocenters. The van der Waals surface area contributed by atoms with E-state index in [0.717, 1.165) is 29.7 Å². The predicted octanol–water partition coefficient (Wildman–Crippen LogP) is 4.09. The van der Waals surface area contributed by atoms with Gasteiger partial charge in [0.05, 0.1) is 11.7 Å². The van der Waals surface area contributed by atoms with Gasteiger partial charge in [0.25, 0.3) is 5.91 Å². The number of benzene rings is 1. The van der Waals surface area contributed by atoms with Crippen molar-refractivity contribution >= 4 is 16.9 Å². The number of nitrogens with zero attached hydrogens (tertiary/aromatic N) is 4. The molecule has 1 fully saturated rings. The van der Waals surface area contributed by atoms with E-state index in [4.69, 9.17) is 4.98 Å². The van der Waals surface area contributed by atoms with Crippen molar-refractivity contribution in [2.24, 2.45) is 7.05 Å². The van der Waals surface area contributed by atoms with E-state index in [2.05, 4.69) is 20.4 Å². The SMILES string of the molecule is Cn1cc(-c2cc(F)cc(CNC(=O)c3nccc4[nH]c(C5CCCC5)nc34)c2)cn1.